The molecular formula is C11H14O5S. The summed E-state index contributed by atoms with van der Waals surface area (Å²) in [5.74, 6) is -0.524. The van der Waals surface area contributed by atoms with Crippen molar-refractivity contribution in [3.05, 3.63) is 35.4 Å². The number of rotatable bonds is 2. The third-order valence-electron chi connectivity index (χ3n) is 2.37. The predicted molar refractivity (Wildman–Crippen MR) is 64.1 cm³/mol. The largest absolute Gasteiger partial charge is 0.455 e. The molecule has 1 unspecified atom stereocenters. The maximum Gasteiger partial charge on any atom is 0.338 e. The predicted octanol–water partition coefficient (Wildman–Crippen LogP) is 2.22. The van der Waals surface area contributed by atoms with Crippen LogP contribution in [-0.2, 0) is 8.92 Å². The number of aryl methyl sites for hydroxylation is 1. The first-order chi connectivity index (χ1) is 7.96. The van der Waals surface area contributed by atoms with Gasteiger partial charge in [0.25, 0.3) is 0 Å². The lowest BCUT2D eigenvalue weighted by Crippen LogP contribution is -2.21. The smallest absolute Gasteiger partial charge is 0.338 e. The van der Waals surface area contributed by atoms with Crippen LogP contribution in [-0.4, -0.2) is 33.5 Å². The van der Waals surface area contributed by atoms with E-state index in [2.05, 4.69) is 0 Å². The minimum absolute atomic E-state index is 0.0277. The van der Waals surface area contributed by atoms with E-state index in [-0.39, 0.29) is 12.4 Å². The van der Waals surface area contributed by atoms with Crippen molar-refractivity contribution in [1.29, 1.82) is 0 Å². The fourth-order valence-corrected chi connectivity index (χ4v) is 2.70. The van der Waals surface area contributed by atoms with Crippen LogP contribution >= 0.6 is 10.9 Å². The Morgan fingerprint density at radius 3 is 2.88 bits per heavy atom. The van der Waals surface area contributed by atoms with Gasteiger partial charge in [0.05, 0.1) is 22.2 Å². The minimum atomic E-state index is -3.01. The first kappa shape index (κ1) is 12.4. The fourth-order valence-electron chi connectivity index (χ4n) is 1.58. The third-order valence-corrected chi connectivity index (χ3v) is 3.69. The fraction of sp³-hybridized carbons (Fsp3) is 0.364. The molecule has 1 aliphatic rings. The average Bonchev–Trinajstić information content (AvgIpc) is 2.58. The first-order valence-electron chi connectivity index (χ1n) is 5.14. The number of benzene rings is 1. The Morgan fingerprint density at radius 2 is 2.29 bits per heavy atom. The van der Waals surface area contributed by atoms with Gasteiger partial charge < -0.3 is 13.8 Å². The highest BCUT2D eigenvalue weighted by Crippen LogP contribution is 2.46. The Morgan fingerprint density at radius 1 is 1.53 bits per heavy atom. The Bertz CT molecular complexity index is 432. The molecule has 1 fully saturated rings. The van der Waals surface area contributed by atoms with Crippen molar-refractivity contribution < 1.29 is 22.8 Å². The van der Waals surface area contributed by atoms with Crippen LogP contribution in [0, 0.1) is 6.92 Å². The SMILES string of the molecule is Cc1cccc(C(=O)OC2COS(O)(O)C2)c1. The van der Waals surface area contributed by atoms with Crippen LogP contribution in [0.4, 0.5) is 0 Å². The van der Waals surface area contributed by atoms with E-state index < -0.39 is 22.9 Å². The van der Waals surface area contributed by atoms with Gasteiger partial charge in [-0.15, -0.1) is 0 Å². The Hall–Kier alpha value is -1.08. The highest BCUT2D eigenvalue weighted by atomic mass is 32.3. The summed E-state index contributed by atoms with van der Waals surface area (Å²) >= 11 is 0. The van der Waals surface area contributed by atoms with Crippen LogP contribution in [0.25, 0.3) is 0 Å². The Labute approximate surface area is 101 Å². The molecule has 0 saturated carbocycles. The summed E-state index contributed by atoms with van der Waals surface area (Å²) < 4.78 is 28.3. The highest BCUT2D eigenvalue weighted by Gasteiger charge is 2.35. The van der Waals surface area contributed by atoms with E-state index in [9.17, 15) is 13.9 Å². The molecule has 1 saturated heterocycles. The second-order valence-electron chi connectivity index (χ2n) is 3.95. The van der Waals surface area contributed by atoms with Gasteiger partial charge in [0.1, 0.15) is 12.7 Å². The van der Waals surface area contributed by atoms with Gasteiger partial charge in [0.2, 0.25) is 0 Å². The molecule has 0 radical (unpaired) electrons. The van der Waals surface area contributed by atoms with Gasteiger partial charge in [0, 0.05) is 0 Å². The molecule has 1 atom stereocenters. The summed E-state index contributed by atoms with van der Waals surface area (Å²) in [5, 5.41) is 0. The summed E-state index contributed by atoms with van der Waals surface area (Å²) in [6, 6.07) is 7.02. The molecule has 0 amide bonds. The second-order valence-corrected chi connectivity index (χ2v) is 5.74. The van der Waals surface area contributed by atoms with Gasteiger partial charge in [-0.2, -0.15) is 0 Å². The van der Waals surface area contributed by atoms with Crippen LogP contribution in [0.3, 0.4) is 0 Å². The maximum absolute atomic E-state index is 11.7. The molecule has 1 aliphatic heterocycles. The van der Waals surface area contributed by atoms with Gasteiger partial charge in [-0.05, 0) is 19.1 Å². The molecule has 0 bridgehead atoms. The average molecular weight is 258 g/mol. The van der Waals surface area contributed by atoms with Crippen molar-refractivity contribution in [3.63, 3.8) is 0 Å². The standard InChI is InChI=1S/C11H14O5S/c1-8-3-2-4-9(5-8)11(12)16-10-6-15-17(13,14)7-10/h2-5,10,13-14H,6-7H2,1H3. The van der Waals surface area contributed by atoms with Crippen molar-refractivity contribution in [2.24, 2.45) is 0 Å². The van der Waals surface area contributed by atoms with E-state index in [1.807, 2.05) is 13.0 Å². The molecule has 94 valence electrons. The number of carbonyl (C=O) groups excluding carboxylic acids is 1. The van der Waals surface area contributed by atoms with E-state index in [0.717, 1.165) is 5.56 Å². The minimum Gasteiger partial charge on any atom is -0.455 e. The highest BCUT2D eigenvalue weighted by molar-refractivity contribution is 8.20. The summed E-state index contributed by atoms with van der Waals surface area (Å²) in [5.41, 5.74) is 1.42. The lowest BCUT2D eigenvalue weighted by Gasteiger charge is -2.17. The zero-order valence-electron chi connectivity index (χ0n) is 9.33. The summed E-state index contributed by atoms with van der Waals surface area (Å²) in [6.45, 7) is 1.91. The van der Waals surface area contributed by atoms with E-state index >= 15 is 0 Å². The third kappa shape index (κ3) is 3.19. The number of carbonyl (C=O) groups is 1. The Kier molecular flexibility index (Phi) is 3.39. The van der Waals surface area contributed by atoms with Crippen molar-refractivity contribution in [3.8, 4) is 0 Å². The molecule has 0 aromatic heterocycles. The van der Waals surface area contributed by atoms with Gasteiger partial charge in [-0.3, -0.25) is 4.18 Å². The van der Waals surface area contributed by atoms with Crippen LogP contribution < -0.4 is 0 Å². The van der Waals surface area contributed by atoms with E-state index in [4.69, 9.17) is 8.92 Å². The normalized spacial score (nSPS) is 24.3. The van der Waals surface area contributed by atoms with Crippen molar-refractivity contribution in [1.82, 2.24) is 0 Å². The maximum atomic E-state index is 11.7. The van der Waals surface area contributed by atoms with Crippen molar-refractivity contribution >= 4 is 16.8 Å². The molecular weight excluding hydrogens is 244 g/mol. The quantitative estimate of drug-likeness (QED) is 0.795. The number of esters is 1. The van der Waals surface area contributed by atoms with Crippen LogP contribution in [0.2, 0.25) is 0 Å². The lowest BCUT2D eigenvalue weighted by atomic mass is 10.1. The molecule has 1 aromatic carbocycles. The van der Waals surface area contributed by atoms with Gasteiger partial charge in [0.15, 0.2) is 0 Å². The zero-order valence-corrected chi connectivity index (χ0v) is 10.1. The van der Waals surface area contributed by atoms with Gasteiger partial charge in [-0.1, -0.05) is 17.7 Å². The van der Waals surface area contributed by atoms with E-state index in [0.29, 0.717) is 5.56 Å². The summed E-state index contributed by atoms with van der Waals surface area (Å²) in [7, 11) is -3.01. The number of hydrogen-bond donors (Lipinski definition) is 2. The zero-order chi connectivity index (χ0) is 12.5. The molecule has 17 heavy (non-hydrogen) atoms. The van der Waals surface area contributed by atoms with Crippen molar-refractivity contribution in [2.75, 3.05) is 12.4 Å². The molecule has 2 rings (SSSR count). The first-order valence-corrected chi connectivity index (χ1v) is 6.78. The molecule has 1 aromatic rings. The summed E-state index contributed by atoms with van der Waals surface area (Å²) in [6.07, 6.45) is -0.590. The van der Waals surface area contributed by atoms with Crippen LogP contribution in [0.1, 0.15) is 15.9 Å². The van der Waals surface area contributed by atoms with Crippen LogP contribution in [0.15, 0.2) is 24.3 Å². The topological polar surface area (TPSA) is 76.0 Å². The monoisotopic (exact) mass is 258 g/mol. The van der Waals surface area contributed by atoms with Gasteiger partial charge in [-0.25, -0.2) is 4.79 Å². The molecule has 2 N–H and O–H groups in total. The molecule has 6 heteroatoms. The molecule has 0 spiro atoms. The van der Waals surface area contributed by atoms with E-state index in [1.165, 1.54) is 0 Å². The van der Waals surface area contributed by atoms with E-state index in [1.54, 1.807) is 18.2 Å². The van der Waals surface area contributed by atoms with Crippen molar-refractivity contribution in [2.45, 2.75) is 13.0 Å². The Balaban J connectivity index is 1.98. The second kappa shape index (κ2) is 4.66. The lowest BCUT2D eigenvalue weighted by molar-refractivity contribution is 0.0301. The van der Waals surface area contributed by atoms with Gasteiger partial charge >= 0.3 is 5.97 Å². The molecule has 1 heterocycles. The van der Waals surface area contributed by atoms with Crippen LogP contribution in [0.5, 0.6) is 0 Å². The summed E-state index contributed by atoms with van der Waals surface area (Å²) in [4.78, 5) is 11.7. The number of ether oxygens (including phenoxy) is 1. The number of hydrogen-bond acceptors (Lipinski definition) is 5. The molecule has 0 aliphatic carbocycles. The molecule has 5 nitrogen and oxygen atoms in total.